The molecule has 2 aromatic carbocycles. The van der Waals surface area contributed by atoms with Crippen LogP contribution in [0.2, 0.25) is 0 Å². The minimum Gasteiger partial charge on any atom is -0.497 e. The van der Waals surface area contributed by atoms with Gasteiger partial charge in [-0.25, -0.2) is 4.39 Å². The van der Waals surface area contributed by atoms with Crippen molar-refractivity contribution in [3.05, 3.63) is 54.3 Å². The molecule has 4 aliphatic carbocycles. The molecule has 1 heterocycles. The number of nitrogens with zero attached hydrogens (tertiary/aromatic N) is 2. The maximum Gasteiger partial charge on any atom is 0.256 e. The molecule has 4 bridgehead atoms. The van der Waals surface area contributed by atoms with E-state index in [0.717, 1.165) is 17.8 Å². The van der Waals surface area contributed by atoms with E-state index in [1.165, 1.54) is 55.6 Å². The minimum absolute atomic E-state index is 0.00490. The molecule has 6 nitrogen and oxygen atoms in total. The number of carbonyl (C=O) groups excluding carboxylic acids is 2. The highest BCUT2D eigenvalue weighted by Gasteiger charge is 2.54. The molecular weight excluding hydrogens is 489 g/mol. The first kappa shape index (κ1) is 24.3. The standard InChI is InChI=1S/C29H32FN3O3S/c1-36-24-8-4-22(5-9-24)31-26(34)13-25-27(35)33(23-6-2-21(30)3-7-23)28(37)32(25)17-29-14-18-10-19(15-29)12-20(11-18)16-29/h2-9,18-20,25H,10-17H2,1H3,(H,31,34). The van der Waals surface area contributed by atoms with Crippen molar-refractivity contribution in [2.45, 2.75) is 51.0 Å². The number of hydrogen-bond donors (Lipinski definition) is 1. The number of halogens is 1. The Bertz CT molecular complexity index is 1180. The number of anilines is 2. The van der Waals surface area contributed by atoms with Crippen molar-refractivity contribution >= 4 is 40.5 Å². The van der Waals surface area contributed by atoms with Gasteiger partial charge in [-0.05, 0) is 122 Å². The van der Waals surface area contributed by atoms with Gasteiger partial charge in [0.2, 0.25) is 5.91 Å². The summed E-state index contributed by atoms with van der Waals surface area (Å²) < 4.78 is 18.8. The van der Waals surface area contributed by atoms with Gasteiger partial charge in [0.25, 0.3) is 5.91 Å². The summed E-state index contributed by atoms with van der Waals surface area (Å²) in [7, 11) is 1.59. The highest BCUT2D eigenvalue weighted by atomic mass is 32.1. The normalized spacial score (nSPS) is 30.2. The summed E-state index contributed by atoms with van der Waals surface area (Å²) in [4.78, 5) is 30.4. The van der Waals surface area contributed by atoms with E-state index in [4.69, 9.17) is 17.0 Å². The molecule has 2 amide bonds. The molecule has 0 spiro atoms. The lowest BCUT2D eigenvalue weighted by Crippen LogP contribution is -2.53. The molecule has 5 fully saturated rings. The van der Waals surface area contributed by atoms with Crippen molar-refractivity contribution in [3.63, 3.8) is 0 Å². The van der Waals surface area contributed by atoms with Crippen LogP contribution in [0.4, 0.5) is 15.8 Å². The zero-order valence-corrected chi connectivity index (χ0v) is 21.8. The van der Waals surface area contributed by atoms with Crippen molar-refractivity contribution in [1.82, 2.24) is 4.90 Å². The molecule has 8 heteroatoms. The number of nitrogens with one attached hydrogen (secondary N) is 1. The SMILES string of the molecule is COc1ccc(NC(=O)CC2C(=O)N(c3ccc(F)cc3)C(=S)N2CC23CC4CC(CC(C4)C2)C3)cc1. The van der Waals surface area contributed by atoms with Crippen LogP contribution in [-0.4, -0.2) is 41.5 Å². The van der Waals surface area contributed by atoms with Crippen molar-refractivity contribution in [2.75, 3.05) is 23.9 Å². The van der Waals surface area contributed by atoms with Gasteiger partial charge in [0.1, 0.15) is 17.6 Å². The van der Waals surface area contributed by atoms with Gasteiger partial charge in [-0.15, -0.1) is 0 Å². The van der Waals surface area contributed by atoms with Gasteiger partial charge in [-0.1, -0.05) is 0 Å². The first-order chi connectivity index (χ1) is 17.8. The van der Waals surface area contributed by atoms with Gasteiger partial charge in [0.15, 0.2) is 5.11 Å². The highest BCUT2D eigenvalue weighted by molar-refractivity contribution is 7.80. The Hall–Kier alpha value is -3.00. The number of hydrogen-bond acceptors (Lipinski definition) is 4. The first-order valence-electron chi connectivity index (χ1n) is 13.2. The molecular formula is C29H32FN3O3S. The molecule has 0 aromatic heterocycles. The lowest BCUT2D eigenvalue weighted by Gasteiger charge is -2.58. The zero-order chi connectivity index (χ0) is 25.7. The van der Waals surface area contributed by atoms with Crippen LogP contribution in [0.1, 0.15) is 44.9 Å². The Labute approximate surface area is 222 Å². The van der Waals surface area contributed by atoms with Gasteiger partial charge in [0.05, 0.1) is 19.2 Å². The number of amides is 2. The molecule has 5 aliphatic rings. The average Bonchev–Trinajstić information content (AvgIpc) is 3.08. The monoisotopic (exact) mass is 521 g/mol. The summed E-state index contributed by atoms with van der Waals surface area (Å²) in [6.07, 6.45) is 7.51. The smallest absolute Gasteiger partial charge is 0.256 e. The second kappa shape index (κ2) is 9.39. The summed E-state index contributed by atoms with van der Waals surface area (Å²) >= 11 is 5.89. The Balaban J connectivity index is 1.26. The predicted octanol–water partition coefficient (Wildman–Crippen LogP) is 5.38. The van der Waals surface area contributed by atoms with Crippen LogP contribution in [0.25, 0.3) is 0 Å². The van der Waals surface area contributed by atoms with E-state index >= 15 is 0 Å². The van der Waals surface area contributed by atoms with Gasteiger partial charge >= 0.3 is 0 Å². The van der Waals surface area contributed by atoms with Gasteiger partial charge in [0, 0.05) is 12.2 Å². The quantitative estimate of drug-likeness (QED) is 0.496. The third-order valence-electron chi connectivity index (χ3n) is 8.83. The molecule has 1 atom stereocenters. The molecule has 4 saturated carbocycles. The van der Waals surface area contributed by atoms with Crippen LogP contribution in [0.3, 0.4) is 0 Å². The van der Waals surface area contributed by atoms with Crippen LogP contribution in [0.5, 0.6) is 5.75 Å². The molecule has 194 valence electrons. The Morgan fingerprint density at radius 2 is 1.62 bits per heavy atom. The van der Waals surface area contributed by atoms with E-state index in [2.05, 4.69) is 5.32 Å². The Morgan fingerprint density at radius 1 is 1.03 bits per heavy atom. The van der Waals surface area contributed by atoms with Gasteiger partial charge in [-0.2, -0.15) is 0 Å². The molecule has 37 heavy (non-hydrogen) atoms. The first-order valence-corrected chi connectivity index (χ1v) is 13.6. The van der Waals surface area contributed by atoms with E-state index in [1.807, 2.05) is 4.90 Å². The summed E-state index contributed by atoms with van der Waals surface area (Å²) in [5, 5.41) is 3.32. The Morgan fingerprint density at radius 3 is 2.19 bits per heavy atom. The fraction of sp³-hybridized carbons (Fsp3) is 0.483. The number of rotatable bonds is 7. The van der Waals surface area contributed by atoms with Gasteiger partial charge in [-0.3, -0.25) is 14.5 Å². The number of thiocarbonyl (C=S) groups is 1. The van der Waals surface area contributed by atoms with Crippen molar-refractivity contribution in [2.24, 2.45) is 23.2 Å². The molecule has 0 radical (unpaired) electrons. The molecule has 7 rings (SSSR count). The fourth-order valence-corrected chi connectivity index (χ4v) is 8.14. The van der Waals surface area contributed by atoms with Crippen molar-refractivity contribution < 1.29 is 18.7 Å². The lowest BCUT2D eigenvalue weighted by molar-refractivity contribution is -0.125. The number of ether oxygens (including phenoxy) is 1. The van der Waals surface area contributed by atoms with E-state index in [-0.39, 0.29) is 29.5 Å². The molecule has 1 aliphatic heterocycles. The summed E-state index contributed by atoms with van der Waals surface area (Å²) in [5.74, 6) is 2.15. The lowest BCUT2D eigenvalue weighted by atomic mass is 9.49. The van der Waals surface area contributed by atoms with Crippen LogP contribution in [0.15, 0.2) is 48.5 Å². The van der Waals surface area contributed by atoms with Crippen LogP contribution >= 0.6 is 12.2 Å². The maximum atomic E-state index is 13.8. The number of carbonyl (C=O) groups is 2. The topological polar surface area (TPSA) is 61.9 Å². The van der Waals surface area contributed by atoms with E-state index < -0.39 is 6.04 Å². The largest absolute Gasteiger partial charge is 0.497 e. The zero-order valence-electron chi connectivity index (χ0n) is 21.0. The fourth-order valence-electron chi connectivity index (χ4n) is 7.75. The second-order valence-electron chi connectivity index (χ2n) is 11.5. The van der Waals surface area contributed by atoms with E-state index in [0.29, 0.717) is 28.8 Å². The highest BCUT2D eigenvalue weighted by Crippen LogP contribution is 2.60. The molecule has 2 aromatic rings. The van der Waals surface area contributed by atoms with Crippen molar-refractivity contribution in [1.29, 1.82) is 0 Å². The van der Waals surface area contributed by atoms with Crippen molar-refractivity contribution in [3.8, 4) is 5.75 Å². The van der Waals surface area contributed by atoms with E-state index in [1.54, 1.807) is 43.5 Å². The molecule has 1 N–H and O–H groups in total. The van der Waals surface area contributed by atoms with E-state index in [9.17, 15) is 14.0 Å². The summed E-state index contributed by atoms with van der Waals surface area (Å²) in [6.45, 7) is 0.694. The van der Waals surface area contributed by atoms with Gasteiger partial charge < -0.3 is 15.0 Å². The van der Waals surface area contributed by atoms with Crippen LogP contribution in [0, 0.1) is 29.0 Å². The second-order valence-corrected chi connectivity index (χ2v) is 11.8. The summed E-state index contributed by atoms with van der Waals surface area (Å²) in [6, 6.07) is 12.2. The maximum absolute atomic E-state index is 13.8. The third kappa shape index (κ3) is 4.60. The number of methoxy groups -OCH3 is 1. The molecule has 1 saturated heterocycles. The molecule has 1 unspecified atom stereocenters. The Kier molecular flexibility index (Phi) is 6.18. The summed E-state index contributed by atoms with van der Waals surface area (Å²) in [5.41, 5.74) is 1.31. The average molecular weight is 522 g/mol. The minimum atomic E-state index is -0.691. The van der Waals surface area contributed by atoms with Crippen LogP contribution < -0.4 is 15.0 Å². The number of benzene rings is 2. The third-order valence-corrected chi connectivity index (χ3v) is 9.24. The van der Waals surface area contributed by atoms with Crippen LogP contribution in [-0.2, 0) is 9.59 Å². The predicted molar refractivity (Wildman–Crippen MR) is 144 cm³/mol.